The standard InChI is InChI=1S/C21H21NO5/c1-13-8-17-16(11-22(12-26-17)10-15-5-3-7-25-15)21-19(13)20(23)18(27-21)9-14-4-2-6-24-14/h2,4,6,8-9,15H,3,5,7,10-12H2,1H3/b18-9-. The molecule has 5 rings (SSSR count). The molecule has 140 valence electrons. The van der Waals surface area contributed by atoms with E-state index >= 15 is 0 Å². The number of carbonyl (C=O) groups excluding carboxylic acids is 1. The molecule has 0 amide bonds. The monoisotopic (exact) mass is 367 g/mol. The molecule has 1 unspecified atom stereocenters. The number of furan rings is 1. The predicted octanol–water partition coefficient (Wildman–Crippen LogP) is 3.54. The molecule has 4 heterocycles. The minimum absolute atomic E-state index is 0.113. The maximum absolute atomic E-state index is 12.9. The zero-order chi connectivity index (χ0) is 18.4. The fourth-order valence-corrected chi connectivity index (χ4v) is 3.97. The molecule has 0 saturated carbocycles. The van der Waals surface area contributed by atoms with Gasteiger partial charge in [-0.2, -0.15) is 0 Å². The van der Waals surface area contributed by atoms with Gasteiger partial charge in [-0.05, 0) is 43.5 Å². The van der Waals surface area contributed by atoms with E-state index in [9.17, 15) is 4.79 Å². The third kappa shape index (κ3) is 2.95. The van der Waals surface area contributed by atoms with E-state index in [1.54, 1.807) is 24.5 Å². The highest BCUT2D eigenvalue weighted by molar-refractivity contribution is 6.15. The smallest absolute Gasteiger partial charge is 0.232 e. The van der Waals surface area contributed by atoms with Gasteiger partial charge in [-0.3, -0.25) is 9.69 Å². The van der Waals surface area contributed by atoms with Crippen LogP contribution >= 0.6 is 0 Å². The average Bonchev–Trinajstić information content (AvgIpc) is 3.40. The summed E-state index contributed by atoms with van der Waals surface area (Å²) in [5.74, 6) is 2.17. The Kier molecular flexibility index (Phi) is 4.02. The van der Waals surface area contributed by atoms with Crippen LogP contribution in [0.5, 0.6) is 11.5 Å². The summed E-state index contributed by atoms with van der Waals surface area (Å²) >= 11 is 0. The van der Waals surface area contributed by atoms with Gasteiger partial charge < -0.3 is 18.6 Å². The van der Waals surface area contributed by atoms with Crippen molar-refractivity contribution in [3.05, 3.63) is 52.7 Å². The summed E-state index contributed by atoms with van der Waals surface area (Å²) < 4.78 is 23.0. The van der Waals surface area contributed by atoms with Crippen LogP contribution in [0.1, 0.15) is 40.1 Å². The summed E-state index contributed by atoms with van der Waals surface area (Å²) in [6.45, 7) is 4.78. The molecule has 0 spiro atoms. The molecule has 1 saturated heterocycles. The number of fused-ring (bicyclic) bond motifs is 3. The number of hydrogen-bond acceptors (Lipinski definition) is 6. The van der Waals surface area contributed by atoms with E-state index in [2.05, 4.69) is 4.90 Å². The van der Waals surface area contributed by atoms with Crippen LogP contribution in [-0.2, 0) is 11.3 Å². The van der Waals surface area contributed by atoms with Gasteiger partial charge in [-0.25, -0.2) is 0 Å². The second-order valence-electron chi connectivity index (χ2n) is 7.25. The molecule has 6 nitrogen and oxygen atoms in total. The van der Waals surface area contributed by atoms with Gasteiger partial charge in [0.15, 0.2) is 5.76 Å². The lowest BCUT2D eigenvalue weighted by molar-refractivity contribution is 0.0273. The predicted molar refractivity (Wildman–Crippen MR) is 97.7 cm³/mol. The third-order valence-electron chi connectivity index (χ3n) is 5.29. The van der Waals surface area contributed by atoms with E-state index in [-0.39, 0.29) is 17.6 Å². The van der Waals surface area contributed by atoms with Crippen molar-refractivity contribution in [3.8, 4) is 11.5 Å². The van der Waals surface area contributed by atoms with Gasteiger partial charge in [-0.1, -0.05) is 0 Å². The number of ketones is 1. The zero-order valence-electron chi connectivity index (χ0n) is 15.2. The number of hydrogen-bond donors (Lipinski definition) is 0. The number of aryl methyl sites for hydroxylation is 1. The Morgan fingerprint density at radius 1 is 1.37 bits per heavy atom. The van der Waals surface area contributed by atoms with E-state index in [1.807, 2.05) is 13.0 Å². The minimum Gasteiger partial charge on any atom is -0.478 e. The lowest BCUT2D eigenvalue weighted by Crippen LogP contribution is -2.37. The molecule has 27 heavy (non-hydrogen) atoms. The van der Waals surface area contributed by atoms with Crippen LogP contribution in [0.3, 0.4) is 0 Å². The number of rotatable bonds is 3. The first-order valence-corrected chi connectivity index (χ1v) is 9.30. The average molecular weight is 367 g/mol. The molecule has 0 N–H and O–H groups in total. The molecule has 1 atom stereocenters. The third-order valence-corrected chi connectivity index (χ3v) is 5.29. The Balaban J connectivity index is 1.46. The highest BCUT2D eigenvalue weighted by atomic mass is 16.5. The molecule has 2 aromatic rings. The summed E-state index contributed by atoms with van der Waals surface area (Å²) in [5, 5.41) is 0. The largest absolute Gasteiger partial charge is 0.478 e. The van der Waals surface area contributed by atoms with Gasteiger partial charge in [0.1, 0.15) is 24.0 Å². The summed E-state index contributed by atoms with van der Waals surface area (Å²) in [4.78, 5) is 15.1. The van der Waals surface area contributed by atoms with Gasteiger partial charge in [0.25, 0.3) is 0 Å². The Hall–Kier alpha value is -2.57. The quantitative estimate of drug-likeness (QED) is 0.774. The van der Waals surface area contributed by atoms with Gasteiger partial charge in [0.05, 0.1) is 23.5 Å². The van der Waals surface area contributed by atoms with Crippen molar-refractivity contribution >= 4 is 11.9 Å². The number of ether oxygens (including phenoxy) is 3. The van der Waals surface area contributed by atoms with Crippen LogP contribution in [-0.4, -0.2) is 36.7 Å². The fraction of sp³-hybridized carbons (Fsp3) is 0.381. The van der Waals surface area contributed by atoms with E-state index < -0.39 is 0 Å². The van der Waals surface area contributed by atoms with Crippen LogP contribution in [0.2, 0.25) is 0 Å². The summed E-state index contributed by atoms with van der Waals surface area (Å²) in [7, 11) is 0. The highest BCUT2D eigenvalue weighted by Gasteiger charge is 2.36. The van der Waals surface area contributed by atoms with Crippen LogP contribution in [0, 0.1) is 6.92 Å². The normalized spacial score (nSPS) is 23.2. The molecule has 3 aliphatic rings. The molecule has 0 radical (unpaired) electrons. The van der Waals surface area contributed by atoms with E-state index in [0.717, 1.165) is 42.9 Å². The summed E-state index contributed by atoms with van der Waals surface area (Å²) in [6.07, 6.45) is 5.67. The Bertz CT molecular complexity index is 909. The fourth-order valence-electron chi connectivity index (χ4n) is 3.97. The van der Waals surface area contributed by atoms with Crippen LogP contribution < -0.4 is 9.47 Å². The van der Waals surface area contributed by atoms with Crippen LogP contribution in [0.25, 0.3) is 6.08 Å². The lowest BCUT2D eigenvalue weighted by atomic mass is 9.98. The van der Waals surface area contributed by atoms with Gasteiger partial charge in [-0.15, -0.1) is 0 Å². The Labute approximate surface area is 157 Å². The molecular weight excluding hydrogens is 346 g/mol. The van der Waals surface area contributed by atoms with Crippen molar-refractivity contribution in [2.24, 2.45) is 0 Å². The lowest BCUT2D eigenvalue weighted by Gasteiger charge is -2.31. The van der Waals surface area contributed by atoms with Crippen molar-refractivity contribution < 1.29 is 23.4 Å². The molecule has 0 aliphatic carbocycles. The number of nitrogens with zero attached hydrogens (tertiary/aromatic N) is 1. The first-order chi connectivity index (χ1) is 13.2. The van der Waals surface area contributed by atoms with E-state index in [0.29, 0.717) is 30.3 Å². The highest BCUT2D eigenvalue weighted by Crippen LogP contribution is 2.44. The van der Waals surface area contributed by atoms with Crippen LogP contribution in [0.4, 0.5) is 0 Å². The molecule has 1 aromatic heterocycles. The topological polar surface area (TPSA) is 61.1 Å². The minimum atomic E-state index is -0.113. The van der Waals surface area contributed by atoms with Crippen molar-refractivity contribution in [2.45, 2.75) is 32.4 Å². The second kappa shape index (κ2) is 6.55. The van der Waals surface area contributed by atoms with Crippen molar-refractivity contribution in [2.75, 3.05) is 19.9 Å². The summed E-state index contributed by atoms with van der Waals surface area (Å²) in [6, 6.07) is 5.51. The number of carbonyl (C=O) groups is 1. The molecule has 0 bridgehead atoms. The number of Topliss-reactive ketones (excluding diaryl/α,β-unsaturated/α-hetero) is 1. The number of allylic oxidation sites excluding steroid dienone is 1. The molecule has 1 aromatic carbocycles. The van der Waals surface area contributed by atoms with E-state index in [1.165, 1.54) is 0 Å². The first kappa shape index (κ1) is 16.6. The van der Waals surface area contributed by atoms with E-state index in [4.69, 9.17) is 18.6 Å². The Morgan fingerprint density at radius 3 is 3.07 bits per heavy atom. The second-order valence-corrected chi connectivity index (χ2v) is 7.25. The van der Waals surface area contributed by atoms with Crippen LogP contribution in [0.15, 0.2) is 34.6 Å². The zero-order valence-corrected chi connectivity index (χ0v) is 15.2. The van der Waals surface area contributed by atoms with Gasteiger partial charge in [0, 0.05) is 25.8 Å². The number of benzene rings is 1. The SMILES string of the molecule is Cc1cc2c(c3c1C(=O)/C(=C/c1ccco1)O3)CN(CC1CCCO1)CO2. The first-order valence-electron chi connectivity index (χ1n) is 9.30. The maximum atomic E-state index is 12.9. The van der Waals surface area contributed by atoms with Crippen molar-refractivity contribution in [1.29, 1.82) is 0 Å². The molecule has 6 heteroatoms. The van der Waals surface area contributed by atoms with Crippen molar-refractivity contribution in [3.63, 3.8) is 0 Å². The molecule has 1 fully saturated rings. The maximum Gasteiger partial charge on any atom is 0.232 e. The van der Waals surface area contributed by atoms with Gasteiger partial charge in [0.2, 0.25) is 5.78 Å². The summed E-state index contributed by atoms with van der Waals surface area (Å²) in [5.41, 5.74) is 2.41. The van der Waals surface area contributed by atoms with Gasteiger partial charge >= 0.3 is 0 Å². The molecular formula is C21H21NO5. The Morgan fingerprint density at radius 2 is 2.30 bits per heavy atom. The molecule has 3 aliphatic heterocycles. The van der Waals surface area contributed by atoms with Crippen molar-refractivity contribution in [1.82, 2.24) is 4.90 Å².